The highest BCUT2D eigenvalue weighted by Gasteiger charge is 2.20. The molecule has 0 amide bonds. The van der Waals surface area contributed by atoms with Gasteiger partial charge in [-0.05, 0) is 18.1 Å². The van der Waals surface area contributed by atoms with Crippen molar-refractivity contribution in [2.75, 3.05) is 0 Å². The van der Waals surface area contributed by atoms with Crippen LogP contribution in [-0.2, 0) is 6.54 Å². The predicted octanol–water partition coefficient (Wildman–Crippen LogP) is 2.95. The Morgan fingerprint density at radius 1 is 1.37 bits per heavy atom. The molecule has 0 aliphatic carbocycles. The minimum absolute atomic E-state index is 0.0389. The Hall–Kier alpha value is -1.88. The molecule has 0 aliphatic rings. The Kier molecular flexibility index (Phi) is 3.85. The lowest BCUT2D eigenvalue weighted by atomic mass is 10.1. The van der Waals surface area contributed by atoms with E-state index in [2.05, 4.69) is 10.3 Å². The van der Waals surface area contributed by atoms with Crippen molar-refractivity contribution in [1.29, 1.82) is 0 Å². The van der Waals surface area contributed by atoms with Crippen LogP contribution in [-0.4, -0.2) is 26.1 Å². The van der Waals surface area contributed by atoms with Crippen LogP contribution in [0.5, 0.6) is 0 Å². The first kappa shape index (κ1) is 13.5. The molecule has 0 radical (unpaired) electrons. The van der Waals surface area contributed by atoms with E-state index in [0.717, 1.165) is 5.56 Å². The van der Waals surface area contributed by atoms with Gasteiger partial charge in [0, 0.05) is 17.1 Å². The lowest BCUT2D eigenvalue weighted by Gasteiger charge is -2.09. The molecule has 0 unspecified atom stereocenters. The summed E-state index contributed by atoms with van der Waals surface area (Å²) in [6, 6.07) is 6.97. The van der Waals surface area contributed by atoms with Crippen molar-refractivity contribution in [3.63, 3.8) is 0 Å². The fraction of sp³-hybridized carbons (Fsp3) is 0.308. The third kappa shape index (κ3) is 2.93. The summed E-state index contributed by atoms with van der Waals surface area (Å²) in [4.78, 5) is 11.2. The Labute approximate surface area is 115 Å². The monoisotopic (exact) mass is 279 g/mol. The van der Waals surface area contributed by atoms with Crippen LogP contribution in [0.4, 0.5) is 0 Å². The van der Waals surface area contributed by atoms with Crippen molar-refractivity contribution in [3.8, 4) is 11.3 Å². The van der Waals surface area contributed by atoms with Gasteiger partial charge >= 0.3 is 5.97 Å². The number of carboxylic acid groups (broad SMARTS) is 1. The molecule has 0 bridgehead atoms. The largest absolute Gasteiger partial charge is 0.476 e. The average molecular weight is 280 g/mol. The molecule has 100 valence electrons. The number of aromatic nitrogens is 3. The number of rotatable bonds is 4. The molecule has 0 saturated carbocycles. The van der Waals surface area contributed by atoms with Gasteiger partial charge in [0.2, 0.25) is 0 Å². The molecule has 1 aromatic carbocycles. The Morgan fingerprint density at radius 3 is 2.53 bits per heavy atom. The van der Waals surface area contributed by atoms with Gasteiger partial charge in [-0.1, -0.05) is 42.8 Å². The third-order valence-electron chi connectivity index (χ3n) is 2.59. The summed E-state index contributed by atoms with van der Waals surface area (Å²) in [6.07, 6.45) is 0. The number of carbonyl (C=O) groups is 1. The van der Waals surface area contributed by atoms with Crippen LogP contribution in [0.25, 0.3) is 11.3 Å². The van der Waals surface area contributed by atoms with Crippen LogP contribution in [0.1, 0.15) is 24.3 Å². The van der Waals surface area contributed by atoms with Crippen molar-refractivity contribution in [1.82, 2.24) is 15.0 Å². The van der Waals surface area contributed by atoms with Gasteiger partial charge in [-0.25, -0.2) is 9.48 Å². The summed E-state index contributed by atoms with van der Waals surface area (Å²) in [6.45, 7) is 4.68. The van der Waals surface area contributed by atoms with Gasteiger partial charge in [-0.2, -0.15) is 0 Å². The molecule has 19 heavy (non-hydrogen) atoms. The molecule has 0 atom stereocenters. The van der Waals surface area contributed by atoms with E-state index in [-0.39, 0.29) is 5.69 Å². The quantitative estimate of drug-likeness (QED) is 0.934. The Morgan fingerprint density at radius 2 is 2.00 bits per heavy atom. The summed E-state index contributed by atoms with van der Waals surface area (Å²) in [7, 11) is 0. The summed E-state index contributed by atoms with van der Waals surface area (Å²) in [5.41, 5.74) is 1.22. The average Bonchev–Trinajstić information content (AvgIpc) is 2.73. The molecule has 5 nitrogen and oxygen atoms in total. The number of nitrogens with zero attached hydrogens (tertiary/aromatic N) is 3. The zero-order valence-corrected chi connectivity index (χ0v) is 11.4. The predicted molar refractivity (Wildman–Crippen MR) is 72.3 cm³/mol. The molecule has 0 aliphatic heterocycles. The summed E-state index contributed by atoms with van der Waals surface area (Å²) >= 11 is 5.85. The zero-order chi connectivity index (χ0) is 14.0. The molecule has 2 aromatic rings. The first-order valence-corrected chi connectivity index (χ1v) is 6.29. The normalized spacial score (nSPS) is 10.9. The first-order valence-electron chi connectivity index (χ1n) is 5.91. The molecular formula is C13H14ClN3O2. The number of carboxylic acids is 1. The van der Waals surface area contributed by atoms with Gasteiger partial charge in [0.15, 0.2) is 5.69 Å². The second-order valence-electron chi connectivity index (χ2n) is 4.67. The van der Waals surface area contributed by atoms with Crippen LogP contribution in [0.3, 0.4) is 0 Å². The minimum atomic E-state index is -1.08. The van der Waals surface area contributed by atoms with Gasteiger partial charge in [-0.15, -0.1) is 5.10 Å². The van der Waals surface area contributed by atoms with E-state index in [1.165, 1.54) is 0 Å². The molecule has 0 fully saturated rings. The van der Waals surface area contributed by atoms with E-state index in [1.807, 2.05) is 13.8 Å². The van der Waals surface area contributed by atoms with E-state index in [1.54, 1.807) is 28.9 Å². The number of hydrogen-bond acceptors (Lipinski definition) is 3. The first-order chi connectivity index (χ1) is 8.99. The highest BCUT2D eigenvalue weighted by molar-refractivity contribution is 6.30. The third-order valence-corrected chi connectivity index (χ3v) is 2.85. The standard InChI is InChI=1S/C13H14ClN3O2/c1-8(2)7-17-12(11(13(18)19)15-16-17)9-3-5-10(14)6-4-9/h3-6,8H,7H2,1-2H3,(H,18,19). The summed E-state index contributed by atoms with van der Waals surface area (Å²) < 4.78 is 1.62. The SMILES string of the molecule is CC(C)Cn1nnc(C(=O)O)c1-c1ccc(Cl)cc1. The highest BCUT2D eigenvalue weighted by Crippen LogP contribution is 2.24. The van der Waals surface area contributed by atoms with Gasteiger partial charge in [-0.3, -0.25) is 0 Å². The van der Waals surface area contributed by atoms with Crippen molar-refractivity contribution < 1.29 is 9.90 Å². The lowest BCUT2D eigenvalue weighted by molar-refractivity contribution is 0.0691. The molecule has 0 saturated heterocycles. The molecule has 1 N–H and O–H groups in total. The Balaban J connectivity index is 2.54. The van der Waals surface area contributed by atoms with E-state index >= 15 is 0 Å². The van der Waals surface area contributed by atoms with Crippen molar-refractivity contribution in [2.45, 2.75) is 20.4 Å². The molecule has 1 aromatic heterocycles. The van der Waals surface area contributed by atoms with E-state index in [0.29, 0.717) is 23.2 Å². The van der Waals surface area contributed by atoms with Gasteiger partial charge in [0.1, 0.15) is 5.69 Å². The van der Waals surface area contributed by atoms with E-state index < -0.39 is 5.97 Å². The number of aromatic carboxylic acids is 1. The van der Waals surface area contributed by atoms with Gasteiger partial charge in [0.05, 0.1) is 0 Å². The van der Waals surface area contributed by atoms with Gasteiger partial charge in [0.25, 0.3) is 0 Å². The number of halogens is 1. The number of hydrogen-bond donors (Lipinski definition) is 1. The second-order valence-corrected chi connectivity index (χ2v) is 5.11. The van der Waals surface area contributed by atoms with E-state index in [4.69, 9.17) is 11.6 Å². The van der Waals surface area contributed by atoms with Crippen molar-refractivity contribution >= 4 is 17.6 Å². The Bertz CT molecular complexity index is 590. The minimum Gasteiger partial charge on any atom is -0.476 e. The summed E-state index contributed by atoms with van der Waals surface area (Å²) in [5, 5.41) is 17.5. The maximum atomic E-state index is 11.2. The van der Waals surface area contributed by atoms with E-state index in [9.17, 15) is 9.90 Å². The molecule has 1 heterocycles. The van der Waals surface area contributed by atoms with Crippen molar-refractivity contribution in [3.05, 3.63) is 35.0 Å². The topological polar surface area (TPSA) is 68.0 Å². The maximum Gasteiger partial charge on any atom is 0.358 e. The maximum absolute atomic E-state index is 11.2. The van der Waals surface area contributed by atoms with Crippen molar-refractivity contribution in [2.24, 2.45) is 5.92 Å². The van der Waals surface area contributed by atoms with Crippen LogP contribution in [0.2, 0.25) is 5.02 Å². The zero-order valence-electron chi connectivity index (χ0n) is 10.7. The van der Waals surface area contributed by atoms with Crippen LogP contribution in [0, 0.1) is 5.92 Å². The smallest absolute Gasteiger partial charge is 0.358 e. The summed E-state index contributed by atoms with van der Waals surface area (Å²) in [5.74, 6) is -0.741. The fourth-order valence-corrected chi connectivity index (χ4v) is 1.95. The molecule has 6 heteroatoms. The second kappa shape index (κ2) is 5.40. The highest BCUT2D eigenvalue weighted by atomic mass is 35.5. The fourth-order valence-electron chi connectivity index (χ4n) is 1.82. The number of benzene rings is 1. The van der Waals surface area contributed by atoms with Crippen LogP contribution >= 0.6 is 11.6 Å². The molecule has 0 spiro atoms. The van der Waals surface area contributed by atoms with Gasteiger partial charge < -0.3 is 5.11 Å². The molecule has 2 rings (SSSR count). The van der Waals surface area contributed by atoms with Crippen LogP contribution in [0.15, 0.2) is 24.3 Å². The lowest BCUT2D eigenvalue weighted by Crippen LogP contribution is -2.09. The molecular weight excluding hydrogens is 266 g/mol. The van der Waals surface area contributed by atoms with Crippen LogP contribution < -0.4 is 0 Å².